The first-order valence-electron chi connectivity index (χ1n) is 9.46. The summed E-state index contributed by atoms with van der Waals surface area (Å²) in [4.78, 5) is 21.5. The van der Waals surface area contributed by atoms with Crippen molar-refractivity contribution in [3.8, 4) is 5.75 Å². The highest BCUT2D eigenvalue weighted by Gasteiger charge is 2.24. The lowest BCUT2D eigenvalue weighted by atomic mass is 9.96. The molecule has 2 aliphatic rings. The molecule has 2 saturated heterocycles. The first-order valence-corrected chi connectivity index (χ1v) is 9.46. The molecule has 4 rings (SSSR count). The smallest absolute Gasteiger partial charge is 0.253 e. The van der Waals surface area contributed by atoms with Crippen LogP contribution in [0.5, 0.6) is 5.75 Å². The highest BCUT2D eigenvalue weighted by atomic mass is 16.5. The predicted molar refractivity (Wildman–Crippen MR) is 104 cm³/mol. The Bertz CT molecular complexity index is 797. The Labute approximate surface area is 159 Å². The molecule has 1 aromatic carbocycles. The fourth-order valence-corrected chi connectivity index (χ4v) is 3.74. The Balaban J connectivity index is 1.40. The van der Waals surface area contributed by atoms with Crippen LogP contribution in [0.1, 0.15) is 28.3 Å². The van der Waals surface area contributed by atoms with Crippen LogP contribution in [0.3, 0.4) is 0 Å². The van der Waals surface area contributed by atoms with Crippen molar-refractivity contribution in [3.63, 3.8) is 0 Å². The van der Waals surface area contributed by atoms with Gasteiger partial charge in [-0.25, -0.2) is 4.98 Å². The molecule has 1 unspecified atom stereocenters. The summed E-state index contributed by atoms with van der Waals surface area (Å²) >= 11 is 0. The van der Waals surface area contributed by atoms with Gasteiger partial charge in [0, 0.05) is 56.5 Å². The number of hydrogen-bond donors (Lipinski definition) is 0. The largest absolute Gasteiger partial charge is 0.497 e. The van der Waals surface area contributed by atoms with E-state index in [2.05, 4.69) is 16.0 Å². The lowest BCUT2D eigenvalue weighted by Gasteiger charge is -2.35. The van der Waals surface area contributed by atoms with Crippen molar-refractivity contribution in [2.24, 2.45) is 0 Å². The van der Waals surface area contributed by atoms with E-state index in [1.54, 1.807) is 13.3 Å². The number of carbonyl (C=O) groups is 1. The zero-order valence-corrected chi connectivity index (χ0v) is 15.6. The van der Waals surface area contributed by atoms with E-state index in [9.17, 15) is 4.79 Å². The number of rotatable bonds is 4. The highest BCUT2D eigenvalue weighted by molar-refractivity contribution is 5.94. The van der Waals surface area contributed by atoms with Crippen LogP contribution in [0, 0.1) is 0 Å². The molecule has 1 aromatic heterocycles. The van der Waals surface area contributed by atoms with Gasteiger partial charge in [0.1, 0.15) is 11.6 Å². The number of methoxy groups -OCH3 is 1. The summed E-state index contributed by atoms with van der Waals surface area (Å²) in [7, 11) is 1.65. The van der Waals surface area contributed by atoms with E-state index >= 15 is 0 Å². The molecule has 2 aliphatic heterocycles. The van der Waals surface area contributed by atoms with Gasteiger partial charge in [0.05, 0.1) is 13.7 Å². The van der Waals surface area contributed by atoms with Gasteiger partial charge in [0.15, 0.2) is 0 Å². The van der Waals surface area contributed by atoms with Crippen molar-refractivity contribution in [2.75, 3.05) is 51.4 Å². The highest BCUT2D eigenvalue weighted by Crippen LogP contribution is 2.26. The van der Waals surface area contributed by atoms with E-state index in [-0.39, 0.29) is 5.91 Å². The van der Waals surface area contributed by atoms with Gasteiger partial charge in [-0.3, -0.25) is 4.79 Å². The first kappa shape index (κ1) is 17.8. The molecule has 0 saturated carbocycles. The molecule has 27 heavy (non-hydrogen) atoms. The van der Waals surface area contributed by atoms with Gasteiger partial charge in [0.25, 0.3) is 5.91 Å². The van der Waals surface area contributed by atoms with E-state index < -0.39 is 0 Å². The summed E-state index contributed by atoms with van der Waals surface area (Å²) in [6.45, 7) is 4.47. The summed E-state index contributed by atoms with van der Waals surface area (Å²) in [5.41, 5.74) is 1.98. The molecule has 2 fully saturated rings. The Hall–Kier alpha value is -2.60. The van der Waals surface area contributed by atoms with Gasteiger partial charge in [0.2, 0.25) is 0 Å². The van der Waals surface area contributed by atoms with Gasteiger partial charge in [-0.05, 0) is 30.2 Å². The average Bonchev–Trinajstić information content (AvgIpc) is 3.28. The van der Waals surface area contributed by atoms with Crippen LogP contribution in [-0.2, 0) is 4.74 Å². The second-order valence-electron chi connectivity index (χ2n) is 7.02. The van der Waals surface area contributed by atoms with Gasteiger partial charge < -0.3 is 19.3 Å². The molecule has 0 bridgehead atoms. The molecular weight excluding hydrogens is 342 g/mol. The number of nitrogens with zero attached hydrogens (tertiary/aromatic N) is 3. The van der Waals surface area contributed by atoms with E-state index in [1.807, 2.05) is 35.2 Å². The lowest BCUT2D eigenvalue weighted by Crippen LogP contribution is -2.49. The van der Waals surface area contributed by atoms with Crippen molar-refractivity contribution in [2.45, 2.75) is 12.3 Å². The third kappa shape index (κ3) is 3.90. The van der Waals surface area contributed by atoms with Crippen LogP contribution >= 0.6 is 0 Å². The summed E-state index contributed by atoms with van der Waals surface area (Å²) < 4.78 is 10.8. The monoisotopic (exact) mass is 367 g/mol. The molecule has 1 atom stereocenters. The summed E-state index contributed by atoms with van der Waals surface area (Å²) in [6.07, 6.45) is 2.79. The van der Waals surface area contributed by atoms with Crippen molar-refractivity contribution in [1.29, 1.82) is 0 Å². The minimum Gasteiger partial charge on any atom is -0.497 e. The summed E-state index contributed by atoms with van der Waals surface area (Å²) in [5, 5.41) is 0. The van der Waals surface area contributed by atoms with Crippen molar-refractivity contribution >= 4 is 11.7 Å². The molecule has 0 spiro atoms. The topological polar surface area (TPSA) is 54.9 Å². The van der Waals surface area contributed by atoms with Crippen molar-refractivity contribution in [3.05, 3.63) is 53.7 Å². The third-order valence-corrected chi connectivity index (χ3v) is 5.38. The Morgan fingerprint density at radius 2 is 2.04 bits per heavy atom. The number of carbonyl (C=O) groups excluding carboxylic acids is 1. The van der Waals surface area contributed by atoms with E-state index in [4.69, 9.17) is 9.47 Å². The van der Waals surface area contributed by atoms with Crippen LogP contribution in [0.25, 0.3) is 0 Å². The number of pyridine rings is 1. The number of aromatic nitrogens is 1. The minimum atomic E-state index is 0.106. The average molecular weight is 367 g/mol. The standard InChI is InChI=1S/C21H25N3O3/c1-26-19-5-7-22-20(14-19)23-8-10-24(11-9-23)21(25)17-4-2-3-16(13-17)18-6-12-27-15-18/h2-5,7,13-14,18H,6,8-12,15H2,1H3. The number of anilines is 1. The normalized spacial score (nSPS) is 20.0. The fraction of sp³-hybridized carbons (Fsp3) is 0.429. The van der Waals surface area contributed by atoms with Crippen LogP contribution < -0.4 is 9.64 Å². The van der Waals surface area contributed by atoms with E-state index in [0.29, 0.717) is 19.0 Å². The molecule has 0 radical (unpaired) electrons. The molecule has 1 amide bonds. The Morgan fingerprint density at radius 3 is 2.78 bits per heavy atom. The number of hydrogen-bond acceptors (Lipinski definition) is 5. The van der Waals surface area contributed by atoms with Gasteiger partial charge in [-0.2, -0.15) is 0 Å². The number of benzene rings is 1. The van der Waals surface area contributed by atoms with Gasteiger partial charge >= 0.3 is 0 Å². The molecule has 2 aromatic rings. The molecule has 3 heterocycles. The van der Waals surface area contributed by atoms with Crippen molar-refractivity contribution < 1.29 is 14.3 Å². The Kier molecular flexibility index (Phi) is 5.25. The lowest BCUT2D eigenvalue weighted by molar-refractivity contribution is 0.0746. The molecule has 142 valence electrons. The molecule has 0 aliphatic carbocycles. The minimum absolute atomic E-state index is 0.106. The summed E-state index contributed by atoms with van der Waals surface area (Å²) in [5.74, 6) is 2.21. The van der Waals surface area contributed by atoms with Crippen LogP contribution in [0.15, 0.2) is 42.6 Å². The SMILES string of the molecule is COc1ccnc(N2CCN(C(=O)c3cccc(C4CCOC4)c3)CC2)c1. The fourth-order valence-electron chi connectivity index (χ4n) is 3.74. The first-order chi connectivity index (χ1) is 13.2. The Morgan fingerprint density at radius 1 is 1.19 bits per heavy atom. The second-order valence-corrected chi connectivity index (χ2v) is 7.02. The zero-order chi connectivity index (χ0) is 18.6. The number of piperazine rings is 1. The van der Waals surface area contributed by atoms with E-state index in [1.165, 1.54) is 5.56 Å². The maximum atomic E-state index is 13.0. The zero-order valence-electron chi connectivity index (χ0n) is 15.6. The van der Waals surface area contributed by atoms with Crippen LogP contribution in [0.4, 0.5) is 5.82 Å². The van der Waals surface area contributed by atoms with Gasteiger partial charge in [-0.15, -0.1) is 0 Å². The van der Waals surface area contributed by atoms with Gasteiger partial charge in [-0.1, -0.05) is 12.1 Å². The maximum absolute atomic E-state index is 13.0. The third-order valence-electron chi connectivity index (χ3n) is 5.38. The van der Waals surface area contributed by atoms with Crippen molar-refractivity contribution in [1.82, 2.24) is 9.88 Å². The molecule has 6 heteroatoms. The quantitative estimate of drug-likeness (QED) is 0.831. The van der Waals surface area contributed by atoms with Crippen LogP contribution in [-0.4, -0.2) is 62.3 Å². The second kappa shape index (κ2) is 7.96. The molecule has 0 N–H and O–H groups in total. The summed E-state index contributed by atoms with van der Waals surface area (Å²) in [6, 6.07) is 11.8. The predicted octanol–water partition coefficient (Wildman–Crippen LogP) is 2.56. The number of amides is 1. The molecular formula is C21H25N3O3. The van der Waals surface area contributed by atoms with E-state index in [0.717, 1.165) is 49.9 Å². The maximum Gasteiger partial charge on any atom is 0.253 e. The van der Waals surface area contributed by atoms with Crippen LogP contribution in [0.2, 0.25) is 0 Å². The molecule has 6 nitrogen and oxygen atoms in total. The number of ether oxygens (including phenoxy) is 2.